The number of carbonyl (C=O) groups is 1. The molecule has 2 N–H and O–H groups in total. The van der Waals surface area contributed by atoms with E-state index >= 15 is 0 Å². The van der Waals surface area contributed by atoms with Crippen LogP contribution in [0.15, 0.2) is 54.7 Å². The zero-order chi connectivity index (χ0) is 31.2. The second-order valence-corrected chi connectivity index (χ2v) is 11.2. The van der Waals surface area contributed by atoms with Crippen molar-refractivity contribution < 1.29 is 41.4 Å². The molecule has 0 radical (unpaired) electrons. The normalized spacial score (nSPS) is 18.2. The molecule has 4 rings (SSSR count). The summed E-state index contributed by atoms with van der Waals surface area (Å²) >= 11 is 6.47. The van der Waals surface area contributed by atoms with Gasteiger partial charge in [-0.1, -0.05) is 29.8 Å². The second-order valence-electron chi connectivity index (χ2n) is 10.8. The van der Waals surface area contributed by atoms with E-state index in [0.29, 0.717) is 34.1 Å². The third kappa shape index (κ3) is 6.50. The van der Waals surface area contributed by atoms with Gasteiger partial charge in [-0.25, -0.2) is 4.98 Å². The number of hydrogen-bond acceptors (Lipinski definition) is 5. The minimum atomic E-state index is -5.08. The number of benzene rings is 2. The number of likely N-dealkylation sites (N-methyl/N-ethyl adjacent to an activating group) is 1. The Labute approximate surface area is 243 Å². The first-order valence-corrected chi connectivity index (χ1v) is 13.2. The molecule has 1 aliphatic heterocycles. The van der Waals surface area contributed by atoms with Gasteiger partial charge < -0.3 is 20.0 Å². The number of anilines is 2. The van der Waals surface area contributed by atoms with Crippen molar-refractivity contribution in [2.45, 2.75) is 50.2 Å². The molecular weight excluding hydrogens is 588 g/mol. The minimum absolute atomic E-state index is 0.0143. The molecule has 226 valence electrons. The summed E-state index contributed by atoms with van der Waals surface area (Å²) in [6.45, 7) is 2.86. The molecule has 0 unspecified atom stereocenters. The number of halogens is 7. The lowest BCUT2D eigenvalue weighted by Crippen LogP contribution is -2.46. The Morgan fingerprint density at radius 1 is 0.905 bits per heavy atom. The summed E-state index contributed by atoms with van der Waals surface area (Å²) in [5.41, 5.74) is -4.30. The lowest BCUT2D eigenvalue weighted by atomic mass is 9.81. The van der Waals surface area contributed by atoms with Crippen molar-refractivity contribution in [3.63, 3.8) is 0 Å². The second kappa shape index (κ2) is 11.4. The molecule has 0 bridgehead atoms. The van der Waals surface area contributed by atoms with Gasteiger partial charge in [0.15, 0.2) is 0 Å². The lowest BCUT2D eigenvalue weighted by Gasteiger charge is -2.35. The number of aromatic nitrogens is 1. The predicted molar refractivity (Wildman–Crippen MR) is 146 cm³/mol. The number of aliphatic hydroxyl groups is 2. The van der Waals surface area contributed by atoms with E-state index in [1.54, 1.807) is 35.2 Å². The van der Waals surface area contributed by atoms with Gasteiger partial charge in [0.05, 0.1) is 40.6 Å². The summed E-state index contributed by atoms with van der Waals surface area (Å²) in [6.07, 6.45) is -10.2. The Bertz CT molecular complexity index is 1440. The Morgan fingerprint density at radius 3 is 1.95 bits per heavy atom. The molecule has 3 aromatic rings. The van der Waals surface area contributed by atoms with Crippen LogP contribution < -0.4 is 9.80 Å². The highest BCUT2D eigenvalue weighted by molar-refractivity contribution is 6.33. The molecule has 2 atom stereocenters. The van der Waals surface area contributed by atoms with Crippen LogP contribution in [0.5, 0.6) is 0 Å². The van der Waals surface area contributed by atoms with Crippen LogP contribution in [0.4, 0.5) is 37.8 Å². The van der Waals surface area contributed by atoms with Gasteiger partial charge in [-0.2, -0.15) is 26.3 Å². The molecule has 1 saturated heterocycles. The number of β-amino-alcohol motifs (C(OH)–C–C–N with tert-alkyl or cyclic N) is 2. The van der Waals surface area contributed by atoms with Gasteiger partial charge in [0.1, 0.15) is 5.82 Å². The quantitative estimate of drug-likeness (QED) is 0.329. The zero-order valence-electron chi connectivity index (χ0n) is 22.8. The first-order valence-electron chi connectivity index (χ1n) is 12.8. The number of alkyl halides is 6. The van der Waals surface area contributed by atoms with E-state index in [-0.39, 0.29) is 31.3 Å². The third-order valence-corrected chi connectivity index (χ3v) is 7.60. The summed E-state index contributed by atoms with van der Waals surface area (Å²) < 4.78 is 81.3. The molecule has 0 saturated carbocycles. The van der Waals surface area contributed by atoms with Crippen molar-refractivity contribution >= 4 is 29.0 Å². The van der Waals surface area contributed by atoms with Crippen molar-refractivity contribution in [3.05, 3.63) is 76.4 Å². The third-order valence-electron chi connectivity index (χ3n) is 7.27. The maximum atomic E-state index is 13.9. The Kier molecular flexibility index (Phi) is 8.56. The highest BCUT2D eigenvalue weighted by Gasteiger charge is 2.41. The number of amides is 1. The van der Waals surface area contributed by atoms with E-state index in [0.717, 1.165) is 4.90 Å². The molecule has 13 heteroatoms. The highest BCUT2D eigenvalue weighted by atomic mass is 35.5. The molecule has 0 spiro atoms. The molecule has 42 heavy (non-hydrogen) atoms. The molecule has 2 aromatic carbocycles. The molecule has 1 aliphatic rings. The first kappa shape index (κ1) is 31.6. The van der Waals surface area contributed by atoms with Crippen LogP contribution in [0.3, 0.4) is 0 Å². The van der Waals surface area contributed by atoms with Gasteiger partial charge in [-0.15, -0.1) is 0 Å². The van der Waals surface area contributed by atoms with Crippen LogP contribution >= 0.6 is 11.6 Å². The molecular formula is C29H28ClF6N3O3. The monoisotopic (exact) mass is 615 g/mol. The van der Waals surface area contributed by atoms with Crippen molar-refractivity contribution in [1.29, 1.82) is 0 Å². The van der Waals surface area contributed by atoms with Crippen molar-refractivity contribution in [2.24, 2.45) is 0 Å². The van der Waals surface area contributed by atoms with Gasteiger partial charge in [0.25, 0.3) is 0 Å². The maximum absolute atomic E-state index is 13.9. The molecule has 1 amide bonds. The van der Waals surface area contributed by atoms with Gasteiger partial charge in [-0.3, -0.25) is 4.79 Å². The van der Waals surface area contributed by atoms with Crippen molar-refractivity contribution in [3.8, 4) is 11.1 Å². The van der Waals surface area contributed by atoms with E-state index in [2.05, 4.69) is 4.98 Å². The summed E-state index contributed by atoms with van der Waals surface area (Å²) in [5, 5.41) is 20.6. The van der Waals surface area contributed by atoms with Crippen LogP contribution in [-0.2, 0) is 22.6 Å². The van der Waals surface area contributed by atoms with Crippen molar-refractivity contribution in [2.75, 3.05) is 29.9 Å². The Balaban J connectivity index is 1.81. The Morgan fingerprint density at radius 2 is 1.43 bits per heavy atom. The highest BCUT2D eigenvalue weighted by Crippen LogP contribution is 2.42. The summed E-state index contributed by atoms with van der Waals surface area (Å²) in [7, 11) is 1.34. The summed E-state index contributed by atoms with van der Waals surface area (Å²) in [6, 6.07) is 9.39. The molecule has 6 nitrogen and oxygen atoms in total. The molecule has 1 aromatic heterocycles. The fourth-order valence-electron chi connectivity index (χ4n) is 4.97. The molecule has 1 fully saturated rings. The minimum Gasteiger partial charge on any atom is -0.391 e. The van der Waals surface area contributed by atoms with E-state index in [1.807, 2.05) is 0 Å². The van der Waals surface area contributed by atoms with Crippen LogP contribution in [-0.4, -0.2) is 53.4 Å². The van der Waals surface area contributed by atoms with Crippen LogP contribution in [0.25, 0.3) is 11.1 Å². The number of nitrogens with zero attached hydrogens (tertiary/aromatic N) is 3. The number of pyridine rings is 1. The van der Waals surface area contributed by atoms with E-state index in [9.17, 15) is 41.4 Å². The van der Waals surface area contributed by atoms with Gasteiger partial charge in [0.2, 0.25) is 5.91 Å². The van der Waals surface area contributed by atoms with Gasteiger partial charge >= 0.3 is 12.4 Å². The zero-order valence-corrected chi connectivity index (χ0v) is 23.5. The average Bonchev–Trinajstić information content (AvgIpc) is 2.90. The number of carbonyl (C=O) groups excluding carboxylic acids is 1. The fourth-order valence-corrected chi connectivity index (χ4v) is 5.21. The first-order chi connectivity index (χ1) is 19.4. The molecule has 2 heterocycles. The molecule has 0 aliphatic carbocycles. The van der Waals surface area contributed by atoms with Crippen LogP contribution in [0.1, 0.15) is 37.0 Å². The summed E-state index contributed by atoms with van der Waals surface area (Å²) in [5.74, 6) is -0.444. The largest absolute Gasteiger partial charge is 0.416 e. The SMILES string of the molecule is CN(C(=O)C(C)(C)c1cc(C(F)(F)F)cc(C(F)(F)F)c1)c1cnc(N2C[C@@H](O)C[C@H](O)C2)cc1-c1ccccc1Cl. The topological polar surface area (TPSA) is 76.9 Å². The van der Waals surface area contributed by atoms with Gasteiger partial charge in [0, 0.05) is 42.7 Å². The Hall–Kier alpha value is -3.35. The van der Waals surface area contributed by atoms with E-state index in [4.69, 9.17) is 11.6 Å². The van der Waals surface area contributed by atoms with Crippen molar-refractivity contribution in [1.82, 2.24) is 4.98 Å². The van der Waals surface area contributed by atoms with Crippen LogP contribution in [0.2, 0.25) is 5.02 Å². The maximum Gasteiger partial charge on any atom is 0.416 e. The predicted octanol–water partition coefficient (Wildman–Crippen LogP) is 6.31. The number of rotatable bonds is 5. The van der Waals surface area contributed by atoms with Crippen LogP contribution in [0, 0.1) is 0 Å². The van der Waals surface area contributed by atoms with E-state index < -0.39 is 52.6 Å². The standard InChI is InChI=1S/C29H28ClF6N3O3/c1-27(2,16-8-17(28(31,32)33)10-18(9-16)29(34,35)36)26(42)38(3)24-13-37-25(39-14-19(40)11-20(41)15-39)12-22(24)21-6-4-5-7-23(21)30/h4-10,12-13,19-20,40-41H,11,14-15H2,1-3H3/t19-,20-/m0/s1. The van der Waals surface area contributed by atoms with Gasteiger partial charge in [-0.05, 0) is 49.7 Å². The number of piperidine rings is 1. The number of aliphatic hydroxyl groups excluding tert-OH is 2. The fraction of sp³-hybridized carbons (Fsp3) is 0.379. The van der Waals surface area contributed by atoms with E-state index in [1.165, 1.54) is 27.1 Å². The average molecular weight is 616 g/mol. The summed E-state index contributed by atoms with van der Waals surface area (Å²) in [4.78, 5) is 21.0. The smallest absolute Gasteiger partial charge is 0.391 e. The lowest BCUT2D eigenvalue weighted by molar-refractivity contribution is -0.143. The number of hydrogen-bond donors (Lipinski definition) is 2.